The highest BCUT2D eigenvalue weighted by Crippen LogP contribution is 2.23. The zero-order chi connectivity index (χ0) is 13.8. The van der Waals surface area contributed by atoms with Crippen molar-refractivity contribution in [2.45, 2.75) is 6.42 Å². The second-order valence-corrected chi connectivity index (χ2v) is 5.42. The fourth-order valence-electron chi connectivity index (χ4n) is 1.84. The number of ketones is 1. The van der Waals surface area contributed by atoms with Gasteiger partial charge >= 0.3 is 0 Å². The predicted octanol–water partition coefficient (Wildman–Crippen LogP) is 4.54. The van der Waals surface area contributed by atoms with Crippen LogP contribution >= 0.6 is 27.5 Å². The third kappa shape index (κ3) is 3.58. The van der Waals surface area contributed by atoms with Gasteiger partial charge in [-0.25, -0.2) is 0 Å². The quantitative estimate of drug-likeness (QED) is 0.765. The van der Waals surface area contributed by atoms with Crippen molar-refractivity contribution in [2.75, 3.05) is 7.11 Å². The first kappa shape index (κ1) is 14.1. The lowest BCUT2D eigenvalue weighted by atomic mass is 10.0. The standard InChI is InChI=1S/C15H12BrClO2/c1-19-15-5-3-2-4-10(15)8-14(18)11-6-12(16)9-13(17)7-11/h2-7,9H,8H2,1H3. The Morgan fingerprint density at radius 2 is 2.00 bits per heavy atom. The Balaban J connectivity index is 2.25. The number of benzene rings is 2. The van der Waals surface area contributed by atoms with Crippen molar-refractivity contribution in [2.24, 2.45) is 0 Å². The van der Waals surface area contributed by atoms with E-state index in [-0.39, 0.29) is 12.2 Å². The lowest BCUT2D eigenvalue weighted by Gasteiger charge is -2.08. The maximum atomic E-state index is 12.3. The van der Waals surface area contributed by atoms with Gasteiger partial charge < -0.3 is 4.74 Å². The van der Waals surface area contributed by atoms with Gasteiger partial charge in [-0.3, -0.25) is 4.79 Å². The lowest BCUT2D eigenvalue weighted by Crippen LogP contribution is -2.05. The minimum absolute atomic E-state index is 0.00713. The van der Waals surface area contributed by atoms with Gasteiger partial charge in [0.15, 0.2) is 5.78 Å². The second-order valence-electron chi connectivity index (χ2n) is 4.07. The van der Waals surface area contributed by atoms with Crippen LogP contribution in [-0.2, 0) is 6.42 Å². The monoisotopic (exact) mass is 338 g/mol. The molecular weight excluding hydrogens is 328 g/mol. The molecule has 0 saturated carbocycles. The molecule has 0 aromatic heterocycles. The van der Waals surface area contributed by atoms with Crippen molar-refractivity contribution < 1.29 is 9.53 Å². The van der Waals surface area contributed by atoms with Crippen LogP contribution in [0.4, 0.5) is 0 Å². The molecule has 0 unspecified atom stereocenters. The molecule has 0 radical (unpaired) electrons. The first-order valence-corrected chi connectivity index (χ1v) is 6.88. The van der Waals surface area contributed by atoms with Gasteiger partial charge in [0.05, 0.1) is 7.11 Å². The van der Waals surface area contributed by atoms with Gasteiger partial charge in [0, 0.05) is 27.0 Å². The molecule has 0 aliphatic rings. The summed E-state index contributed by atoms with van der Waals surface area (Å²) in [6.45, 7) is 0. The highest BCUT2D eigenvalue weighted by atomic mass is 79.9. The van der Waals surface area contributed by atoms with E-state index < -0.39 is 0 Å². The van der Waals surface area contributed by atoms with Crippen LogP contribution in [-0.4, -0.2) is 12.9 Å². The van der Waals surface area contributed by atoms with Crippen molar-refractivity contribution in [1.29, 1.82) is 0 Å². The number of Topliss-reactive ketones (excluding diaryl/α,β-unsaturated/α-hetero) is 1. The fraction of sp³-hybridized carbons (Fsp3) is 0.133. The van der Waals surface area contributed by atoms with E-state index in [1.807, 2.05) is 24.3 Å². The van der Waals surface area contributed by atoms with Crippen LogP contribution in [0.25, 0.3) is 0 Å². The fourth-order valence-corrected chi connectivity index (χ4v) is 2.70. The van der Waals surface area contributed by atoms with Gasteiger partial charge in [-0.2, -0.15) is 0 Å². The van der Waals surface area contributed by atoms with Gasteiger partial charge in [0.25, 0.3) is 0 Å². The van der Waals surface area contributed by atoms with E-state index >= 15 is 0 Å². The molecule has 0 aliphatic carbocycles. The second kappa shape index (κ2) is 6.22. The third-order valence-electron chi connectivity index (χ3n) is 2.73. The summed E-state index contributed by atoms with van der Waals surface area (Å²) in [7, 11) is 1.60. The molecule has 2 nitrogen and oxygen atoms in total. The van der Waals surface area contributed by atoms with Crippen LogP contribution < -0.4 is 4.74 Å². The molecule has 4 heteroatoms. The molecule has 0 fully saturated rings. The Bertz CT molecular complexity index is 591. The van der Waals surface area contributed by atoms with E-state index in [1.165, 1.54) is 0 Å². The van der Waals surface area contributed by atoms with Gasteiger partial charge in [0.1, 0.15) is 5.75 Å². The van der Waals surface area contributed by atoms with Crippen molar-refractivity contribution in [3.05, 3.63) is 63.1 Å². The van der Waals surface area contributed by atoms with Crippen molar-refractivity contribution in [1.82, 2.24) is 0 Å². The molecule has 0 N–H and O–H groups in total. The molecule has 0 bridgehead atoms. The summed E-state index contributed by atoms with van der Waals surface area (Å²) >= 11 is 9.28. The summed E-state index contributed by atoms with van der Waals surface area (Å²) in [5.74, 6) is 0.727. The normalized spacial score (nSPS) is 10.3. The number of ether oxygens (including phenoxy) is 1. The van der Waals surface area contributed by atoms with Crippen LogP contribution in [0.1, 0.15) is 15.9 Å². The van der Waals surface area contributed by atoms with E-state index in [0.717, 1.165) is 15.8 Å². The highest BCUT2D eigenvalue weighted by Gasteiger charge is 2.11. The summed E-state index contributed by atoms with van der Waals surface area (Å²) in [4.78, 5) is 12.3. The van der Waals surface area contributed by atoms with E-state index in [0.29, 0.717) is 10.6 Å². The molecule has 0 spiro atoms. The first-order valence-electron chi connectivity index (χ1n) is 5.71. The zero-order valence-electron chi connectivity index (χ0n) is 10.3. The predicted molar refractivity (Wildman–Crippen MR) is 80.2 cm³/mol. The maximum absolute atomic E-state index is 12.3. The molecule has 98 valence electrons. The largest absolute Gasteiger partial charge is 0.496 e. The average molecular weight is 340 g/mol. The number of hydrogen-bond donors (Lipinski definition) is 0. The molecule has 19 heavy (non-hydrogen) atoms. The molecule has 0 saturated heterocycles. The third-order valence-corrected chi connectivity index (χ3v) is 3.40. The summed E-state index contributed by atoms with van der Waals surface area (Å²) in [6.07, 6.45) is 0.288. The first-order chi connectivity index (χ1) is 9.10. The number of halogens is 2. The molecule has 0 amide bonds. The minimum Gasteiger partial charge on any atom is -0.496 e. The minimum atomic E-state index is 0.00713. The Kier molecular flexibility index (Phi) is 4.61. The number of carbonyl (C=O) groups excluding carboxylic acids is 1. The Morgan fingerprint density at radius 3 is 2.68 bits per heavy atom. The van der Waals surface area contributed by atoms with Crippen LogP contribution in [0.5, 0.6) is 5.75 Å². The Labute approximate surface area is 125 Å². The number of rotatable bonds is 4. The number of carbonyl (C=O) groups is 1. The Hall–Kier alpha value is -1.32. The van der Waals surface area contributed by atoms with Gasteiger partial charge in [-0.15, -0.1) is 0 Å². The molecule has 0 aliphatic heterocycles. The Morgan fingerprint density at radius 1 is 1.26 bits per heavy atom. The molecule has 2 rings (SSSR count). The van der Waals surface area contributed by atoms with Crippen LogP contribution in [0, 0.1) is 0 Å². The van der Waals surface area contributed by atoms with E-state index in [9.17, 15) is 4.79 Å². The smallest absolute Gasteiger partial charge is 0.167 e. The molecule has 2 aromatic carbocycles. The summed E-state index contributed by atoms with van der Waals surface area (Å²) < 4.78 is 6.04. The van der Waals surface area contributed by atoms with Crippen molar-refractivity contribution >= 4 is 33.3 Å². The van der Waals surface area contributed by atoms with Gasteiger partial charge in [-0.05, 0) is 24.3 Å². The summed E-state index contributed by atoms with van der Waals surface area (Å²) in [5, 5.41) is 0.540. The molecule has 0 heterocycles. The summed E-state index contributed by atoms with van der Waals surface area (Å²) in [6, 6.07) is 12.7. The number of hydrogen-bond acceptors (Lipinski definition) is 2. The number of methoxy groups -OCH3 is 1. The maximum Gasteiger partial charge on any atom is 0.167 e. The van der Waals surface area contributed by atoms with Gasteiger partial charge in [0.2, 0.25) is 0 Å². The topological polar surface area (TPSA) is 26.3 Å². The van der Waals surface area contributed by atoms with E-state index in [1.54, 1.807) is 25.3 Å². The molecular formula is C15H12BrClO2. The average Bonchev–Trinajstić information content (AvgIpc) is 2.38. The summed E-state index contributed by atoms with van der Waals surface area (Å²) in [5.41, 5.74) is 1.45. The zero-order valence-corrected chi connectivity index (χ0v) is 12.7. The van der Waals surface area contributed by atoms with Crippen LogP contribution in [0.2, 0.25) is 5.02 Å². The molecule has 2 aromatic rings. The highest BCUT2D eigenvalue weighted by molar-refractivity contribution is 9.10. The van der Waals surface area contributed by atoms with Crippen molar-refractivity contribution in [3.8, 4) is 5.75 Å². The van der Waals surface area contributed by atoms with Crippen molar-refractivity contribution in [3.63, 3.8) is 0 Å². The van der Waals surface area contributed by atoms with Gasteiger partial charge in [-0.1, -0.05) is 45.7 Å². The van der Waals surface area contributed by atoms with E-state index in [2.05, 4.69) is 15.9 Å². The molecule has 0 atom stereocenters. The number of para-hydroxylation sites is 1. The van der Waals surface area contributed by atoms with Crippen LogP contribution in [0.3, 0.4) is 0 Å². The van der Waals surface area contributed by atoms with E-state index in [4.69, 9.17) is 16.3 Å². The SMILES string of the molecule is COc1ccccc1CC(=O)c1cc(Cl)cc(Br)c1. The lowest BCUT2D eigenvalue weighted by molar-refractivity contribution is 0.0992. The van der Waals surface area contributed by atoms with Crippen LogP contribution in [0.15, 0.2) is 46.9 Å².